The molecule has 0 spiro atoms. The molecule has 9 heteroatoms. The minimum Gasteiger partial charge on any atom is -0.480 e. The molecular weight excluding hydrogens is 366 g/mol. The lowest BCUT2D eigenvalue weighted by Crippen LogP contribution is -2.54. The van der Waals surface area contributed by atoms with Gasteiger partial charge in [-0.2, -0.15) is 0 Å². The summed E-state index contributed by atoms with van der Waals surface area (Å²) in [6.07, 6.45) is 0.0142. The molecule has 9 nitrogen and oxygen atoms in total. The van der Waals surface area contributed by atoms with E-state index in [1.807, 2.05) is 30.3 Å². The van der Waals surface area contributed by atoms with Crippen LogP contribution in [0.2, 0.25) is 0 Å². The number of aliphatic carboxylic acids is 1. The second-order valence-corrected chi connectivity index (χ2v) is 6.35. The van der Waals surface area contributed by atoms with E-state index in [4.69, 9.17) is 4.74 Å². The van der Waals surface area contributed by atoms with Crippen molar-refractivity contribution >= 4 is 23.5 Å². The molecule has 0 radical (unpaired) electrons. The highest BCUT2D eigenvalue weighted by Crippen LogP contribution is 2.36. The first-order chi connectivity index (χ1) is 13.4. The van der Waals surface area contributed by atoms with Gasteiger partial charge < -0.3 is 20.0 Å². The molecule has 2 atom stereocenters. The molecule has 0 bridgehead atoms. The number of carbonyl (C=O) groups is 2. The van der Waals surface area contributed by atoms with E-state index in [-0.39, 0.29) is 18.0 Å². The average Bonchev–Trinajstić information content (AvgIpc) is 2.69. The summed E-state index contributed by atoms with van der Waals surface area (Å²) < 4.78 is 5.58. The normalized spacial score (nSPS) is 16.8. The molecule has 0 fully saturated rings. The van der Waals surface area contributed by atoms with E-state index in [0.717, 1.165) is 10.5 Å². The summed E-state index contributed by atoms with van der Waals surface area (Å²) in [7, 11) is 0. The second kappa shape index (κ2) is 8.03. The molecule has 0 saturated carbocycles. The molecule has 2 aromatic rings. The first-order valence-corrected chi connectivity index (χ1v) is 8.84. The molecule has 1 aromatic carbocycles. The number of carboxylic acid groups (broad SMARTS) is 1. The topological polar surface area (TPSA) is 123 Å². The van der Waals surface area contributed by atoms with Gasteiger partial charge in [-0.25, -0.2) is 4.79 Å². The SMILES string of the molecule is CCC1Oc2ccc([N+](=O)[O-])nc2N(C(CCc2ccccc2)C(=O)O)C1=O. The minimum absolute atomic E-state index is 0.130. The number of carboxylic acids is 1. The Bertz CT molecular complexity index is 902. The van der Waals surface area contributed by atoms with Crippen LogP contribution in [0.15, 0.2) is 42.5 Å². The summed E-state index contributed by atoms with van der Waals surface area (Å²) in [5, 5.41) is 20.9. The van der Waals surface area contributed by atoms with Crippen molar-refractivity contribution in [3.63, 3.8) is 0 Å². The molecule has 1 aliphatic rings. The fourth-order valence-electron chi connectivity index (χ4n) is 3.13. The minimum atomic E-state index is -1.22. The van der Waals surface area contributed by atoms with E-state index in [0.29, 0.717) is 12.8 Å². The number of hydrogen-bond acceptors (Lipinski definition) is 6. The van der Waals surface area contributed by atoms with E-state index >= 15 is 0 Å². The fourth-order valence-corrected chi connectivity index (χ4v) is 3.13. The molecule has 146 valence electrons. The predicted molar refractivity (Wildman–Crippen MR) is 99.3 cm³/mol. The Labute approximate surface area is 160 Å². The van der Waals surface area contributed by atoms with Crippen LogP contribution in [0.25, 0.3) is 0 Å². The lowest BCUT2D eigenvalue weighted by molar-refractivity contribution is -0.389. The fraction of sp³-hybridized carbons (Fsp3) is 0.316. The van der Waals surface area contributed by atoms with Crippen molar-refractivity contribution in [3.8, 4) is 5.75 Å². The van der Waals surface area contributed by atoms with Crippen LogP contribution in [0.5, 0.6) is 5.75 Å². The molecule has 1 N–H and O–H groups in total. The molecule has 28 heavy (non-hydrogen) atoms. The maximum Gasteiger partial charge on any atom is 0.366 e. The largest absolute Gasteiger partial charge is 0.480 e. The Morgan fingerprint density at radius 2 is 2.04 bits per heavy atom. The van der Waals surface area contributed by atoms with E-state index in [1.54, 1.807) is 6.92 Å². The molecular formula is C19H19N3O6. The quantitative estimate of drug-likeness (QED) is 0.574. The Balaban J connectivity index is 1.99. The van der Waals surface area contributed by atoms with Crippen LogP contribution >= 0.6 is 0 Å². The van der Waals surface area contributed by atoms with Gasteiger partial charge in [0, 0.05) is 6.07 Å². The maximum absolute atomic E-state index is 12.9. The zero-order valence-corrected chi connectivity index (χ0v) is 15.1. The molecule has 1 aromatic heterocycles. The van der Waals surface area contributed by atoms with Gasteiger partial charge in [0.05, 0.1) is 0 Å². The van der Waals surface area contributed by atoms with Crippen LogP contribution in [0.1, 0.15) is 25.3 Å². The monoisotopic (exact) mass is 385 g/mol. The van der Waals surface area contributed by atoms with Gasteiger partial charge in [0.1, 0.15) is 6.04 Å². The van der Waals surface area contributed by atoms with Gasteiger partial charge in [-0.1, -0.05) is 37.3 Å². The molecule has 1 aliphatic heterocycles. The summed E-state index contributed by atoms with van der Waals surface area (Å²) in [5.74, 6) is -2.24. The van der Waals surface area contributed by atoms with Gasteiger partial charge in [-0.3, -0.25) is 9.69 Å². The van der Waals surface area contributed by atoms with Crippen LogP contribution in [-0.2, 0) is 16.0 Å². The summed E-state index contributed by atoms with van der Waals surface area (Å²) in [6.45, 7) is 1.74. The van der Waals surface area contributed by atoms with Gasteiger partial charge >= 0.3 is 11.8 Å². The molecule has 2 unspecified atom stereocenters. The van der Waals surface area contributed by atoms with Crippen LogP contribution in [0, 0.1) is 10.1 Å². The van der Waals surface area contributed by atoms with Gasteiger partial charge in [0.2, 0.25) is 0 Å². The van der Waals surface area contributed by atoms with Crippen LogP contribution in [0.3, 0.4) is 0 Å². The molecule has 2 heterocycles. The Kier molecular flexibility index (Phi) is 5.53. The standard InChI is InChI=1S/C19H19N3O6/c1-2-14-18(23)21(17-15(28-14)10-11-16(20-17)22(26)27)13(19(24)25)9-8-12-6-4-3-5-7-12/h3-7,10-11,13-14H,2,8-9H2,1H3,(H,24,25). The number of nitrogens with zero attached hydrogens (tertiary/aromatic N) is 3. The molecule has 1 amide bonds. The number of nitro groups is 1. The zero-order valence-electron chi connectivity index (χ0n) is 15.1. The van der Waals surface area contributed by atoms with Crippen LogP contribution < -0.4 is 9.64 Å². The molecule has 3 rings (SSSR count). The average molecular weight is 385 g/mol. The number of rotatable bonds is 7. The summed E-state index contributed by atoms with van der Waals surface area (Å²) in [6, 6.07) is 10.6. The van der Waals surface area contributed by atoms with Crippen molar-refractivity contribution in [2.24, 2.45) is 0 Å². The number of benzene rings is 1. The number of ether oxygens (including phenoxy) is 1. The number of pyridine rings is 1. The number of carbonyl (C=O) groups excluding carboxylic acids is 1. The van der Waals surface area contributed by atoms with E-state index < -0.39 is 34.8 Å². The van der Waals surface area contributed by atoms with Crippen molar-refractivity contribution in [1.82, 2.24) is 4.98 Å². The van der Waals surface area contributed by atoms with Crippen molar-refractivity contribution in [1.29, 1.82) is 0 Å². The highest BCUT2D eigenvalue weighted by atomic mass is 16.6. The van der Waals surface area contributed by atoms with Gasteiger partial charge in [0.25, 0.3) is 11.7 Å². The number of anilines is 1. The van der Waals surface area contributed by atoms with E-state index in [9.17, 15) is 24.8 Å². The first kappa shape index (κ1) is 19.3. The second-order valence-electron chi connectivity index (χ2n) is 6.35. The summed E-state index contributed by atoms with van der Waals surface area (Å²) >= 11 is 0. The van der Waals surface area contributed by atoms with Crippen molar-refractivity contribution < 1.29 is 24.4 Å². The highest BCUT2D eigenvalue weighted by Gasteiger charge is 2.44. The number of fused-ring (bicyclic) bond motifs is 1. The smallest absolute Gasteiger partial charge is 0.366 e. The Morgan fingerprint density at radius 3 is 2.64 bits per heavy atom. The summed E-state index contributed by atoms with van der Waals surface area (Å²) in [4.78, 5) is 40.2. The molecule has 0 aliphatic carbocycles. The number of hydrogen-bond donors (Lipinski definition) is 1. The predicted octanol–water partition coefficient (Wildman–Crippen LogP) is 2.58. The van der Waals surface area contributed by atoms with Crippen LogP contribution in [-0.4, -0.2) is 39.0 Å². The third-order valence-corrected chi connectivity index (χ3v) is 4.54. The van der Waals surface area contributed by atoms with Gasteiger partial charge in [0.15, 0.2) is 11.9 Å². The van der Waals surface area contributed by atoms with Gasteiger partial charge in [-0.05, 0) is 40.8 Å². The Morgan fingerprint density at radius 1 is 1.32 bits per heavy atom. The third kappa shape index (κ3) is 3.78. The number of amides is 1. The van der Waals surface area contributed by atoms with Crippen molar-refractivity contribution in [2.45, 2.75) is 38.3 Å². The molecule has 0 saturated heterocycles. The lowest BCUT2D eigenvalue weighted by Gasteiger charge is -2.34. The van der Waals surface area contributed by atoms with E-state index in [1.165, 1.54) is 12.1 Å². The highest BCUT2D eigenvalue weighted by molar-refractivity contribution is 6.03. The first-order valence-electron chi connectivity index (χ1n) is 8.84. The van der Waals surface area contributed by atoms with Crippen molar-refractivity contribution in [2.75, 3.05) is 4.90 Å². The Hall–Kier alpha value is -3.49. The maximum atomic E-state index is 12.9. The number of aryl methyl sites for hydroxylation is 1. The van der Waals surface area contributed by atoms with Crippen molar-refractivity contribution in [3.05, 3.63) is 58.1 Å². The van der Waals surface area contributed by atoms with E-state index in [2.05, 4.69) is 4.98 Å². The third-order valence-electron chi connectivity index (χ3n) is 4.54. The number of aromatic nitrogens is 1. The zero-order chi connectivity index (χ0) is 20.3. The lowest BCUT2D eigenvalue weighted by atomic mass is 10.0. The summed E-state index contributed by atoms with van der Waals surface area (Å²) in [5.41, 5.74) is 0.925. The van der Waals surface area contributed by atoms with Crippen LogP contribution in [0.4, 0.5) is 11.6 Å². The van der Waals surface area contributed by atoms with Gasteiger partial charge in [-0.15, -0.1) is 0 Å².